The zero-order valence-electron chi connectivity index (χ0n) is 12.1. The van der Waals surface area contributed by atoms with Gasteiger partial charge in [0.2, 0.25) is 5.91 Å². The van der Waals surface area contributed by atoms with Crippen molar-refractivity contribution < 1.29 is 14.0 Å². The van der Waals surface area contributed by atoms with E-state index in [4.69, 9.17) is 0 Å². The summed E-state index contributed by atoms with van der Waals surface area (Å²) in [6.45, 7) is 2.91. The van der Waals surface area contributed by atoms with Gasteiger partial charge in [0.15, 0.2) is 5.78 Å². The molecule has 2 unspecified atom stereocenters. The molecule has 0 saturated carbocycles. The van der Waals surface area contributed by atoms with Crippen molar-refractivity contribution in [2.45, 2.75) is 32.2 Å². The van der Waals surface area contributed by atoms with Crippen LogP contribution in [0.3, 0.4) is 0 Å². The minimum atomic E-state index is -0.346. The second-order valence-corrected chi connectivity index (χ2v) is 5.93. The van der Waals surface area contributed by atoms with Crippen LogP contribution in [-0.4, -0.2) is 30.8 Å². The zero-order chi connectivity index (χ0) is 15.0. The van der Waals surface area contributed by atoms with E-state index in [1.165, 1.54) is 13.0 Å². The Morgan fingerprint density at radius 2 is 2.19 bits per heavy atom. The fourth-order valence-electron chi connectivity index (χ4n) is 3.31. The first-order valence-corrected chi connectivity index (χ1v) is 7.39. The molecule has 0 aromatic heterocycles. The average molecular weight is 290 g/mol. The number of fused-ring (bicyclic) bond motifs is 1. The summed E-state index contributed by atoms with van der Waals surface area (Å²) in [6, 6.07) is 4.90. The van der Waals surface area contributed by atoms with E-state index in [0.717, 1.165) is 25.9 Å². The molecule has 5 heteroatoms. The predicted octanol–water partition coefficient (Wildman–Crippen LogP) is 2.13. The lowest BCUT2D eigenvalue weighted by atomic mass is 9.85. The molecule has 112 valence electrons. The zero-order valence-corrected chi connectivity index (χ0v) is 12.1. The van der Waals surface area contributed by atoms with Gasteiger partial charge >= 0.3 is 0 Å². The van der Waals surface area contributed by atoms with E-state index in [1.807, 2.05) is 4.90 Å². The van der Waals surface area contributed by atoms with Gasteiger partial charge in [-0.25, -0.2) is 4.39 Å². The number of piperidine rings is 2. The van der Waals surface area contributed by atoms with E-state index in [-0.39, 0.29) is 23.5 Å². The number of benzene rings is 1. The van der Waals surface area contributed by atoms with E-state index in [1.54, 1.807) is 12.1 Å². The fourth-order valence-corrected chi connectivity index (χ4v) is 3.31. The van der Waals surface area contributed by atoms with Crippen LogP contribution >= 0.6 is 0 Å². The number of hydrogen-bond acceptors (Lipinski definition) is 3. The van der Waals surface area contributed by atoms with Crippen LogP contribution < -0.4 is 10.2 Å². The number of nitrogens with zero attached hydrogens (tertiary/aromatic N) is 1. The standard InChI is InChI=1S/C16H19FN2O2/c1-10(20)11-2-4-15(13(17)8-11)19-7-6-14-12(9-19)3-5-16(21)18-14/h2,4,8,12,14H,3,5-7,9H2,1H3,(H,18,21). The average Bonchev–Trinajstić information content (AvgIpc) is 2.46. The Morgan fingerprint density at radius 3 is 2.90 bits per heavy atom. The van der Waals surface area contributed by atoms with Crippen molar-refractivity contribution in [3.8, 4) is 0 Å². The van der Waals surface area contributed by atoms with Crippen LogP contribution in [-0.2, 0) is 4.79 Å². The highest BCUT2D eigenvalue weighted by Gasteiger charge is 2.34. The summed E-state index contributed by atoms with van der Waals surface area (Å²) in [6.07, 6.45) is 2.26. The number of hydrogen-bond donors (Lipinski definition) is 1. The molecule has 4 nitrogen and oxygen atoms in total. The van der Waals surface area contributed by atoms with Gasteiger partial charge < -0.3 is 10.2 Å². The number of amides is 1. The molecular weight excluding hydrogens is 271 g/mol. The van der Waals surface area contributed by atoms with Crippen LogP contribution in [0.1, 0.15) is 36.5 Å². The van der Waals surface area contributed by atoms with Crippen LogP contribution in [0.5, 0.6) is 0 Å². The third kappa shape index (κ3) is 2.77. The third-order valence-corrected chi connectivity index (χ3v) is 4.52. The molecule has 1 aromatic rings. The minimum Gasteiger partial charge on any atom is -0.369 e. The molecule has 3 rings (SSSR count). The quantitative estimate of drug-likeness (QED) is 0.849. The molecule has 2 aliphatic heterocycles. The van der Waals surface area contributed by atoms with E-state index < -0.39 is 0 Å². The van der Waals surface area contributed by atoms with Crippen molar-refractivity contribution in [3.63, 3.8) is 0 Å². The highest BCUT2D eigenvalue weighted by Crippen LogP contribution is 2.30. The smallest absolute Gasteiger partial charge is 0.220 e. The van der Waals surface area contributed by atoms with Gasteiger partial charge in [0.1, 0.15) is 5.82 Å². The first-order chi connectivity index (χ1) is 10.0. The van der Waals surface area contributed by atoms with E-state index >= 15 is 0 Å². The second kappa shape index (κ2) is 5.47. The third-order valence-electron chi connectivity index (χ3n) is 4.52. The van der Waals surface area contributed by atoms with Crippen molar-refractivity contribution in [2.24, 2.45) is 5.92 Å². The number of halogens is 1. The lowest BCUT2D eigenvalue weighted by Crippen LogP contribution is -2.54. The summed E-state index contributed by atoms with van der Waals surface area (Å²) in [5.74, 6) is 0.0279. The molecule has 2 fully saturated rings. The Labute approximate surface area is 123 Å². The molecule has 2 atom stereocenters. The van der Waals surface area contributed by atoms with Gasteiger partial charge in [0.05, 0.1) is 5.69 Å². The van der Waals surface area contributed by atoms with Gasteiger partial charge in [-0.15, -0.1) is 0 Å². The summed E-state index contributed by atoms with van der Waals surface area (Å²) >= 11 is 0. The van der Waals surface area contributed by atoms with Crippen molar-refractivity contribution in [2.75, 3.05) is 18.0 Å². The Bertz CT molecular complexity index is 588. The first-order valence-electron chi connectivity index (χ1n) is 7.39. The summed E-state index contributed by atoms with van der Waals surface area (Å²) < 4.78 is 14.2. The number of anilines is 1. The normalized spacial score (nSPS) is 25.2. The van der Waals surface area contributed by atoms with Crippen molar-refractivity contribution >= 4 is 17.4 Å². The van der Waals surface area contributed by atoms with Gasteiger partial charge in [0.25, 0.3) is 0 Å². The number of Topliss-reactive ketones (excluding diaryl/α,β-unsaturated/α-hetero) is 1. The minimum absolute atomic E-state index is 0.127. The van der Waals surface area contributed by atoms with Crippen LogP contribution in [0.4, 0.5) is 10.1 Å². The summed E-state index contributed by atoms with van der Waals surface area (Å²) in [5.41, 5.74) is 0.950. The number of nitrogens with one attached hydrogen (secondary N) is 1. The van der Waals surface area contributed by atoms with E-state index in [9.17, 15) is 14.0 Å². The van der Waals surface area contributed by atoms with Crippen LogP contribution in [0.25, 0.3) is 0 Å². The molecule has 1 amide bonds. The molecule has 2 aliphatic rings. The second-order valence-electron chi connectivity index (χ2n) is 5.93. The van der Waals surface area contributed by atoms with Gasteiger partial charge in [-0.1, -0.05) is 0 Å². The monoisotopic (exact) mass is 290 g/mol. The maximum atomic E-state index is 14.2. The van der Waals surface area contributed by atoms with Crippen molar-refractivity contribution in [1.82, 2.24) is 5.32 Å². The lowest BCUT2D eigenvalue weighted by Gasteiger charge is -2.42. The molecule has 0 aliphatic carbocycles. The maximum absolute atomic E-state index is 14.2. The van der Waals surface area contributed by atoms with Crippen LogP contribution in [0, 0.1) is 11.7 Å². The number of carbonyl (C=O) groups is 2. The Morgan fingerprint density at radius 1 is 1.38 bits per heavy atom. The molecule has 0 radical (unpaired) electrons. The highest BCUT2D eigenvalue weighted by atomic mass is 19.1. The van der Waals surface area contributed by atoms with Crippen LogP contribution in [0.2, 0.25) is 0 Å². The van der Waals surface area contributed by atoms with Gasteiger partial charge in [-0.3, -0.25) is 9.59 Å². The lowest BCUT2D eigenvalue weighted by molar-refractivity contribution is -0.124. The number of ketones is 1. The summed E-state index contributed by atoms with van der Waals surface area (Å²) in [7, 11) is 0. The molecule has 21 heavy (non-hydrogen) atoms. The maximum Gasteiger partial charge on any atom is 0.220 e. The van der Waals surface area contributed by atoms with Gasteiger partial charge in [0, 0.05) is 31.1 Å². The van der Waals surface area contributed by atoms with Gasteiger partial charge in [-0.2, -0.15) is 0 Å². The highest BCUT2D eigenvalue weighted by molar-refractivity contribution is 5.94. The molecule has 1 aromatic carbocycles. The molecular formula is C16H19FN2O2. The van der Waals surface area contributed by atoms with E-state index in [0.29, 0.717) is 23.6 Å². The van der Waals surface area contributed by atoms with Crippen molar-refractivity contribution in [1.29, 1.82) is 0 Å². The summed E-state index contributed by atoms with van der Waals surface area (Å²) in [4.78, 5) is 24.7. The SMILES string of the molecule is CC(=O)c1ccc(N2CCC3NC(=O)CCC3C2)c(F)c1. The van der Waals surface area contributed by atoms with Crippen LogP contribution in [0.15, 0.2) is 18.2 Å². The number of rotatable bonds is 2. The largest absolute Gasteiger partial charge is 0.369 e. The molecule has 0 spiro atoms. The Balaban J connectivity index is 1.76. The first kappa shape index (κ1) is 14.0. The summed E-state index contributed by atoms with van der Waals surface area (Å²) in [5, 5.41) is 3.02. The molecule has 2 heterocycles. The Kier molecular flexibility index (Phi) is 3.66. The van der Waals surface area contributed by atoms with Gasteiger partial charge in [-0.05, 0) is 43.9 Å². The number of carbonyl (C=O) groups excluding carboxylic acids is 2. The van der Waals surface area contributed by atoms with Crippen molar-refractivity contribution in [3.05, 3.63) is 29.6 Å². The fraction of sp³-hybridized carbons (Fsp3) is 0.500. The molecule has 0 bridgehead atoms. The predicted molar refractivity (Wildman–Crippen MR) is 77.9 cm³/mol. The molecule has 2 saturated heterocycles. The Hall–Kier alpha value is -1.91. The van der Waals surface area contributed by atoms with E-state index in [2.05, 4.69) is 5.32 Å². The topological polar surface area (TPSA) is 49.4 Å². The molecule has 1 N–H and O–H groups in total.